The first-order valence-corrected chi connectivity index (χ1v) is 5.64. The molecule has 1 aromatic heterocycles. The smallest absolute Gasteiger partial charge is 0.253 e. The van der Waals surface area contributed by atoms with Crippen LogP contribution in [0.2, 0.25) is 0 Å². The minimum Gasteiger partial charge on any atom is -0.379 e. The Morgan fingerprint density at radius 1 is 1.17 bits per heavy atom. The zero-order chi connectivity index (χ0) is 13.3. The van der Waals surface area contributed by atoms with E-state index >= 15 is 0 Å². The van der Waals surface area contributed by atoms with Gasteiger partial charge < -0.3 is 10.2 Å². The third-order valence-corrected chi connectivity index (χ3v) is 2.93. The molecular formula is C11H13F4N3. The average molecular weight is 263 g/mol. The van der Waals surface area contributed by atoms with Gasteiger partial charge in [-0.3, -0.25) is 0 Å². The second-order valence-corrected chi connectivity index (χ2v) is 4.33. The van der Waals surface area contributed by atoms with E-state index in [2.05, 4.69) is 10.3 Å². The highest BCUT2D eigenvalue weighted by Crippen LogP contribution is 2.25. The normalized spacial score (nSPS) is 15.2. The predicted octanol–water partition coefficient (Wildman–Crippen LogP) is 2.14. The largest absolute Gasteiger partial charge is 0.379 e. The average Bonchev–Trinajstić information content (AvgIpc) is 3.15. The molecule has 1 aliphatic carbocycles. The number of likely N-dealkylation sites (N-methyl/N-ethyl adjacent to an activating group) is 1. The minimum absolute atomic E-state index is 0.198. The van der Waals surface area contributed by atoms with Gasteiger partial charge in [-0.15, -0.1) is 0 Å². The van der Waals surface area contributed by atoms with E-state index in [0.29, 0.717) is 12.6 Å². The maximum atomic E-state index is 13.2. The van der Waals surface area contributed by atoms with Crippen LogP contribution in [-0.4, -0.2) is 36.1 Å². The van der Waals surface area contributed by atoms with Crippen LogP contribution < -0.4 is 5.32 Å². The van der Waals surface area contributed by atoms with Gasteiger partial charge in [-0.1, -0.05) is 0 Å². The molecule has 18 heavy (non-hydrogen) atoms. The van der Waals surface area contributed by atoms with E-state index in [-0.39, 0.29) is 6.54 Å². The molecule has 3 nitrogen and oxygen atoms in total. The number of halogens is 4. The molecule has 0 spiro atoms. The summed E-state index contributed by atoms with van der Waals surface area (Å²) in [5.41, 5.74) is -0.802. The maximum Gasteiger partial charge on any atom is 0.253 e. The molecule has 1 aromatic rings. The number of rotatable bonds is 5. The summed E-state index contributed by atoms with van der Waals surface area (Å²) in [6, 6.07) is 0.507. The van der Waals surface area contributed by atoms with Gasteiger partial charge in [0.05, 0.1) is 0 Å². The monoisotopic (exact) mass is 263 g/mol. The van der Waals surface area contributed by atoms with Crippen LogP contribution in [0.4, 0.5) is 23.2 Å². The molecule has 100 valence electrons. The molecule has 1 heterocycles. The molecule has 0 radical (unpaired) electrons. The Balaban J connectivity index is 1.99. The fraction of sp³-hybridized carbons (Fsp3) is 0.545. The van der Waals surface area contributed by atoms with E-state index in [9.17, 15) is 17.6 Å². The van der Waals surface area contributed by atoms with Crippen molar-refractivity contribution in [2.24, 2.45) is 0 Å². The van der Waals surface area contributed by atoms with Crippen molar-refractivity contribution in [3.8, 4) is 0 Å². The van der Waals surface area contributed by atoms with Crippen LogP contribution in [0.1, 0.15) is 12.8 Å². The number of pyridine rings is 1. The number of nitrogens with one attached hydrogen (secondary N) is 1. The lowest BCUT2D eigenvalue weighted by molar-refractivity contribution is 0.336. The molecule has 2 rings (SSSR count). The van der Waals surface area contributed by atoms with Gasteiger partial charge in [0, 0.05) is 19.1 Å². The third-order valence-electron chi connectivity index (χ3n) is 2.93. The summed E-state index contributed by atoms with van der Waals surface area (Å²) >= 11 is 0. The van der Waals surface area contributed by atoms with Gasteiger partial charge in [0.1, 0.15) is 5.69 Å². The number of nitrogens with zero attached hydrogens (tertiary/aromatic N) is 2. The van der Waals surface area contributed by atoms with Crippen LogP contribution in [0, 0.1) is 23.5 Å². The van der Waals surface area contributed by atoms with Gasteiger partial charge in [-0.2, -0.15) is 22.5 Å². The van der Waals surface area contributed by atoms with Crippen molar-refractivity contribution in [1.82, 2.24) is 9.88 Å². The SMILES string of the molecule is CN(CCNc1c(F)c(F)nc(F)c1F)C1CC1. The van der Waals surface area contributed by atoms with Crippen LogP contribution >= 0.6 is 0 Å². The van der Waals surface area contributed by atoms with Gasteiger partial charge in [0.2, 0.25) is 11.6 Å². The van der Waals surface area contributed by atoms with Crippen LogP contribution in [0.5, 0.6) is 0 Å². The van der Waals surface area contributed by atoms with Crippen molar-refractivity contribution >= 4 is 5.69 Å². The van der Waals surface area contributed by atoms with Gasteiger partial charge in [0.25, 0.3) is 11.9 Å². The Hall–Kier alpha value is -1.37. The molecule has 0 atom stereocenters. The molecule has 0 unspecified atom stereocenters. The highest BCUT2D eigenvalue weighted by atomic mass is 19.2. The van der Waals surface area contributed by atoms with Crippen LogP contribution in [-0.2, 0) is 0 Å². The zero-order valence-corrected chi connectivity index (χ0v) is 9.81. The quantitative estimate of drug-likeness (QED) is 0.651. The molecule has 1 fully saturated rings. The second-order valence-electron chi connectivity index (χ2n) is 4.33. The van der Waals surface area contributed by atoms with Gasteiger partial charge in [-0.05, 0) is 19.9 Å². The lowest BCUT2D eigenvalue weighted by Gasteiger charge is -2.16. The Morgan fingerprint density at radius 3 is 2.22 bits per heavy atom. The topological polar surface area (TPSA) is 28.2 Å². The first kappa shape index (κ1) is 13.1. The number of hydrogen-bond donors (Lipinski definition) is 1. The van der Waals surface area contributed by atoms with Crippen LogP contribution in [0.25, 0.3) is 0 Å². The number of aromatic nitrogens is 1. The van der Waals surface area contributed by atoms with Crippen molar-refractivity contribution in [3.05, 3.63) is 23.5 Å². The lowest BCUT2D eigenvalue weighted by atomic mass is 10.3. The molecule has 0 amide bonds. The zero-order valence-electron chi connectivity index (χ0n) is 9.81. The Bertz CT molecular complexity index is 422. The van der Waals surface area contributed by atoms with Gasteiger partial charge in [-0.25, -0.2) is 0 Å². The van der Waals surface area contributed by atoms with Gasteiger partial charge in [0.15, 0.2) is 0 Å². The first-order chi connectivity index (χ1) is 8.50. The molecule has 1 aliphatic rings. The maximum absolute atomic E-state index is 13.2. The standard InChI is InChI=1S/C11H13F4N3/c1-18(6-2-3-6)5-4-16-9-7(12)10(14)17-11(15)8(9)13/h6H,2-5H2,1H3,(H,16,17). The highest BCUT2D eigenvalue weighted by molar-refractivity contribution is 5.45. The van der Waals surface area contributed by atoms with E-state index < -0.39 is 29.2 Å². The van der Waals surface area contributed by atoms with Crippen LogP contribution in [0.3, 0.4) is 0 Å². The third kappa shape index (κ3) is 2.72. The van der Waals surface area contributed by atoms with E-state index in [0.717, 1.165) is 12.8 Å². The summed E-state index contributed by atoms with van der Waals surface area (Å²) in [4.78, 5) is 4.51. The summed E-state index contributed by atoms with van der Waals surface area (Å²) in [5, 5.41) is 2.36. The van der Waals surface area contributed by atoms with Crippen molar-refractivity contribution < 1.29 is 17.6 Å². The Morgan fingerprint density at radius 2 is 1.72 bits per heavy atom. The summed E-state index contributed by atoms with van der Waals surface area (Å²) in [5.74, 6) is -6.29. The molecule has 7 heteroatoms. The lowest BCUT2D eigenvalue weighted by Crippen LogP contribution is -2.27. The van der Waals surface area contributed by atoms with E-state index in [1.807, 2.05) is 11.9 Å². The van der Waals surface area contributed by atoms with E-state index in [1.165, 1.54) is 0 Å². The first-order valence-electron chi connectivity index (χ1n) is 5.64. The number of hydrogen-bond acceptors (Lipinski definition) is 3. The molecule has 1 saturated carbocycles. The molecule has 0 aliphatic heterocycles. The Labute approximate surface area is 102 Å². The molecule has 0 aromatic carbocycles. The predicted molar refractivity (Wildman–Crippen MR) is 58.2 cm³/mol. The molecule has 0 bridgehead atoms. The van der Waals surface area contributed by atoms with Crippen LogP contribution in [0.15, 0.2) is 0 Å². The fourth-order valence-electron chi connectivity index (χ4n) is 1.70. The van der Waals surface area contributed by atoms with Gasteiger partial charge >= 0.3 is 0 Å². The highest BCUT2D eigenvalue weighted by Gasteiger charge is 2.26. The Kier molecular flexibility index (Phi) is 3.70. The van der Waals surface area contributed by atoms with Crippen molar-refractivity contribution in [2.45, 2.75) is 18.9 Å². The second kappa shape index (κ2) is 5.09. The van der Waals surface area contributed by atoms with Crippen molar-refractivity contribution in [3.63, 3.8) is 0 Å². The molecular weight excluding hydrogens is 250 g/mol. The van der Waals surface area contributed by atoms with E-state index in [4.69, 9.17) is 0 Å². The summed E-state index contributed by atoms with van der Waals surface area (Å²) in [6.07, 6.45) is 2.22. The fourth-order valence-corrected chi connectivity index (χ4v) is 1.70. The van der Waals surface area contributed by atoms with Crippen molar-refractivity contribution in [2.75, 3.05) is 25.5 Å². The minimum atomic E-state index is -1.65. The molecule has 1 N–H and O–H groups in total. The molecule has 0 saturated heterocycles. The van der Waals surface area contributed by atoms with E-state index in [1.54, 1.807) is 0 Å². The summed E-state index contributed by atoms with van der Waals surface area (Å²) in [6.45, 7) is 0.735. The number of anilines is 1. The summed E-state index contributed by atoms with van der Waals surface area (Å²) < 4.78 is 52.0. The van der Waals surface area contributed by atoms with Crippen molar-refractivity contribution in [1.29, 1.82) is 0 Å². The summed E-state index contributed by atoms with van der Waals surface area (Å²) in [7, 11) is 1.89.